The van der Waals surface area contributed by atoms with Crippen molar-refractivity contribution in [1.29, 1.82) is 0 Å². The van der Waals surface area contributed by atoms with Crippen molar-refractivity contribution in [3.05, 3.63) is 71.1 Å². The highest BCUT2D eigenvalue weighted by atomic mass is 19.1. The van der Waals surface area contributed by atoms with E-state index in [4.69, 9.17) is 4.74 Å². The minimum absolute atomic E-state index is 0.255. The first kappa shape index (κ1) is 20.4. The van der Waals surface area contributed by atoms with Crippen LogP contribution in [0.3, 0.4) is 0 Å². The Hall–Kier alpha value is -3.36. The Morgan fingerprint density at radius 1 is 1.17 bits per heavy atom. The van der Waals surface area contributed by atoms with Gasteiger partial charge >= 0.3 is 0 Å². The molecule has 29 heavy (non-hydrogen) atoms. The number of nitrogens with one attached hydrogen (secondary N) is 1. The van der Waals surface area contributed by atoms with Gasteiger partial charge in [0.15, 0.2) is 0 Å². The van der Waals surface area contributed by atoms with Gasteiger partial charge in [0.2, 0.25) is 5.91 Å². The first-order chi connectivity index (χ1) is 13.9. The van der Waals surface area contributed by atoms with E-state index in [2.05, 4.69) is 20.8 Å². The monoisotopic (exact) mass is 401 g/mol. The molecule has 0 aliphatic carbocycles. The third kappa shape index (κ3) is 4.74. The number of aromatic nitrogens is 4. The number of hydrogen-bond donors (Lipinski definition) is 1. The maximum atomic E-state index is 13.7. The predicted octanol–water partition coefficient (Wildman–Crippen LogP) is 2.93. The van der Waals surface area contributed by atoms with Gasteiger partial charge in [-0.2, -0.15) is 0 Å². The molecule has 0 saturated carbocycles. The predicted molar refractivity (Wildman–Crippen MR) is 101 cm³/mol. The molecule has 3 aromatic rings. The molecule has 152 valence electrons. The van der Waals surface area contributed by atoms with Gasteiger partial charge in [0.25, 0.3) is 0 Å². The van der Waals surface area contributed by atoms with Crippen molar-refractivity contribution >= 4 is 5.91 Å². The van der Waals surface area contributed by atoms with E-state index in [0.29, 0.717) is 17.1 Å². The molecule has 0 bridgehead atoms. The Morgan fingerprint density at radius 3 is 2.48 bits per heavy atom. The molecule has 0 radical (unpaired) electrons. The number of amides is 1. The summed E-state index contributed by atoms with van der Waals surface area (Å²) < 4.78 is 33.6. The molecule has 2 aromatic carbocycles. The fourth-order valence-electron chi connectivity index (χ4n) is 3.09. The molecule has 2 unspecified atom stereocenters. The van der Waals surface area contributed by atoms with Crippen molar-refractivity contribution in [3.8, 4) is 5.75 Å². The van der Waals surface area contributed by atoms with Gasteiger partial charge in [-0.15, -0.1) is 5.10 Å². The standard InChI is InChI=1S/C20H21F2N5O2/c1-12(17-11-16(22)8-9-19(17)29-3)23-20(28)18(27-13(2)24-25-26-27)10-14-4-6-15(21)7-5-14/h4-9,11-12,18H,10H2,1-3H3,(H,23,28). The number of carbonyl (C=O) groups excluding carboxylic acids is 1. The van der Waals surface area contributed by atoms with Gasteiger partial charge in [-0.1, -0.05) is 12.1 Å². The summed E-state index contributed by atoms with van der Waals surface area (Å²) in [6.07, 6.45) is 0.255. The van der Waals surface area contributed by atoms with Gasteiger partial charge in [0.1, 0.15) is 29.3 Å². The molecule has 0 spiro atoms. The van der Waals surface area contributed by atoms with Gasteiger partial charge < -0.3 is 10.1 Å². The zero-order valence-electron chi connectivity index (χ0n) is 16.3. The van der Waals surface area contributed by atoms with Crippen LogP contribution in [0.5, 0.6) is 5.75 Å². The number of tetrazole rings is 1. The summed E-state index contributed by atoms with van der Waals surface area (Å²) in [6, 6.07) is 8.70. The Balaban J connectivity index is 1.86. The summed E-state index contributed by atoms with van der Waals surface area (Å²) >= 11 is 0. The average molecular weight is 401 g/mol. The molecule has 2 atom stereocenters. The minimum Gasteiger partial charge on any atom is -0.496 e. The second-order valence-electron chi connectivity index (χ2n) is 6.63. The van der Waals surface area contributed by atoms with E-state index in [9.17, 15) is 13.6 Å². The molecule has 0 aliphatic heterocycles. The molecule has 0 fully saturated rings. The van der Waals surface area contributed by atoms with Crippen molar-refractivity contribution in [2.45, 2.75) is 32.4 Å². The number of ether oxygens (including phenoxy) is 1. The third-order valence-electron chi connectivity index (χ3n) is 4.61. The number of nitrogens with zero attached hydrogens (tertiary/aromatic N) is 4. The van der Waals surface area contributed by atoms with E-state index in [-0.39, 0.29) is 18.1 Å². The number of aryl methyl sites for hydroxylation is 1. The first-order valence-corrected chi connectivity index (χ1v) is 9.01. The summed E-state index contributed by atoms with van der Waals surface area (Å²) in [4.78, 5) is 13.1. The van der Waals surface area contributed by atoms with Crippen LogP contribution in [0.2, 0.25) is 0 Å². The highest BCUT2D eigenvalue weighted by Gasteiger charge is 2.26. The fourth-order valence-corrected chi connectivity index (χ4v) is 3.09. The maximum absolute atomic E-state index is 13.7. The fraction of sp³-hybridized carbons (Fsp3) is 0.300. The van der Waals surface area contributed by atoms with Gasteiger partial charge in [-0.05, 0) is 60.2 Å². The highest BCUT2D eigenvalue weighted by molar-refractivity contribution is 5.81. The van der Waals surface area contributed by atoms with Crippen molar-refractivity contribution in [1.82, 2.24) is 25.5 Å². The average Bonchev–Trinajstić information content (AvgIpc) is 3.12. The molecule has 9 heteroatoms. The summed E-state index contributed by atoms with van der Waals surface area (Å²) in [7, 11) is 1.48. The number of methoxy groups -OCH3 is 1. The van der Waals surface area contributed by atoms with Crippen LogP contribution in [0.25, 0.3) is 0 Å². The quantitative estimate of drug-likeness (QED) is 0.658. The lowest BCUT2D eigenvalue weighted by Gasteiger charge is -2.22. The van der Waals surface area contributed by atoms with Gasteiger partial charge in [0.05, 0.1) is 13.2 Å². The number of halogens is 2. The van der Waals surface area contributed by atoms with E-state index in [1.807, 2.05) is 0 Å². The molecule has 0 saturated heterocycles. The maximum Gasteiger partial charge on any atom is 0.245 e. The zero-order chi connectivity index (χ0) is 21.0. The Morgan fingerprint density at radius 2 is 1.86 bits per heavy atom. The Kier molecular flexibility index (Phi) is 6.16. The van der Waals surface area contributed by atoms with Crippen LogP contribution in [0.15, 0.2) is 42.5 Å². The third-order valence-corrected chi connectivity index (χ3v) is 4.61. The molecular weight excluding hydrogens is 380 g/mol. The summed E-state index contributed by atoms with van der Waals surface area (Å²) in [5.41, 5.74) is 1.26. The van der Waals surface area contributed by atoms with Crippen LogP contribution in [-0.4, -0.2) is 33.2 Å². The number of carbonyl (C=O) groups is 1. The van der Waals surface area contributed by atoms with Crippen LogP contribution in [0, 0.1) is 18.6 Å². The second kappa shape index (κ2) is 8.76. The lowest BCUT2D eigenvalue weighted by atomic mass is 10.0. The lowest BCUT2D eigenvalue weighted by molar-refractivity contribution is -0.125. The summed E-state index contributed by atoms with van der Waals surface area (Å²) in [6.45, 7) is 3.42. The second-order valence-corrected chi connectivity index (χ2v) is 6.63. The lowest BCUT2D eigenvalue weighted by Crippen LogP contribution is -2.36. The van der Waals surface area contributed by atoms with Gasteiger partial charge in [-0.3, -0.25) is 4.79 Å². The molecule has 1 heterocycles. The van der Waals surface area contributed by atoms with Crippen molar-refractivity contribution in [2.24, 2.45) is 0 Å². The largest absolute Gasteiger partial charge is 0.496 e. The smallest absolute Gasteiger partial charge is 0.245 e. The molecule has 1 N–H and O–H groups in total. The van der Waals surface area contributed by atoms with Crippen LogP contribution < -0.4 is 10.1 Å². The van der Waals surface area contributed by atoms with E-state index in [1.165, 1.54) is 42.1 Å². The zero-order valence-corrected chi connectivity index (χ0v) is 16.3. The topological polar surface area (TPSA) is 81.9 Å². The van der Waals surface area contributed by atoms with Crippen LogP contribution in [0.4, 0.5) is 8.78 Å². The SMILES string of the molecule is COc1ccc(F)cc1C(C)NC(=O)C(Cc1ccc(F)cc1)n1nnnc1C. The number of benzene rings is 2. The normalized spacial score (nSPS) is 13.0. The molecule has 7 nitrogen and oxygen atoms in total. The number of hydrogen-bond acceptors (Lipinski definition) is 5. The highest BCUT2D eigenvalue weighted by Crippen LogP contribution is 2.26. The van der Waals surface area contributed by atoms with Crippen LogP contribution in [0.1, 0.15) is 36.0 Å². The van der Waals surface area contributed by atoms with Crippen molar-refractivity contribution in [3.63, 3.8) is 0 Å². The molecule has 0 aliphatic rings. The molecule has 1 amide bonds. The van der Waals surface area contributed by atoms with Crippen molar-refractivity contribution in [2.75, 3.05) is 7.11 Å². The Bertz CT molecular complexity index is 991. The number of rotatable bonds is 7. The Labute approximate surface area is 166 Å². The first-order valence-electron chi connectivity index (χ1n) is 9.01. The van der Waals surface area contributed by atoms with E-state index in [0.717, 1.165) is 5.56 Å². The minimum atomic E-state index is -0.766. The van der Waals surface area contributed by atoms with Gasteiger partial charge in [0, 0.05) is 12.0 Å². The van der Waals surface area contributed by atoms with Crippen molar-refractivity contribution < 1.29 is 18.3 Å². The van der Waals surface area contributed by atoms with E-state index in [1.54, 1.807) is 26.0 Å². The van der Waals surface area contributed by atoms with Crippen LogP contribution >= 0.6 is 0 Å². The molecule has 1 aromatic heterocycles. The van der Waals surface area contributed by atoms with E-state index < -0.39 is 17.9 Å². The molecule has 3 rings (SSSR count). The van der Waals surface area contributed by atoms with Gasteiger partial charge in [-0.25, -0.2) is 13.5 Å². The van der Waals surface area contributed by atoms with E-state index >= 15 is 0 Å². The summed E-state index contributed by atoms with van der Waals surface area (Å²) in [5, 5.41) is 14.2. The summed E-state index contributed by atoms with van der Waals surface area (Å²) in [5.74, 6) is -0.221. The van der Waals surface area contributed by atoms with Crippen LogP contribution in [-0.2, 0) is 11.2 Å². The molecular formula is C20H21F2N5O2.